The maximum atomic E-state index is 12.4. The summed E-state index contributed by atoms with van der Waals surface area (Å²) in [7, 11) is 1.72. The summed E-state index contributed by atoms with van der Waals surface area (Å²) in [6.45, 7) is 1.99. The number of aryl methyl sites for hydroxylation is 1. The molecule has 4 nitrogen and oxygen atoms in total. The standard InChI is InChI=1S/C16H15NO3S/c1-11-3-5-12(6-4-11)17(2)16(20)14-9-7-13(21-14)8-10-15(18)19/h3-10H,1-2H3,(H,18,19). The summed E-state index contributed by atoms with van der Waals surface area (Å²) >= 11 is 1.27. The highest BCUT2D eigenvalue weighted by Gasteiger charge is 2.15. The van der Waals surface area contributed by atoms with Crippen molar-refractivity contribution in [3.63, 3.8) is 0 Å². The molecule has 0 fully saturated rings. The summed E-state index contributed by atoms with van der Waals surface area (Å²) in [4.78, 5) is 25.7. The topological polar surface area (TPSA) is 57.6 Å². The number of hydrogen-bond donors (Lipinski definition) is 1. The van der Waals surface area contributed by atoms with Gasteiger partial charge in [0.25, 0.3) is 5.91 Å². The van der Waals surface area contributed by atoms with Gasteiger partial charge in [-0.25, -0.2) is 4.79 Å². The number of anilines is 1. The average molecular weight is 301 g/mol. The van der Waals surface area contributed by atoms with E-state index in [4.69, 9.17) is 5.11 Å². The van der Waals surface area contributed by atoms with Crippen molar-refractivity contribution < 1.29 is 14.7 Å². The van der Waals surface area contributed by atoms with Gasteiger partial charge in [0.1, 0.15) is 0 Å². The number of carboxylic acid groups (broad SMARTS) is 1. The van der Waals surface area contributed by atoms with Crippen molar-refractivity contribution in [3.8, 4) is 0 Å². The Morgan fingerprint density at radius 2 is 1.81 bits per heavy atom. The zero-order valence-electron chi connectivity index (χ0n) is 11.7. The fraction of sp³-hybridized carbons (Fsp3) is 0.125. The fourth-order valence-corrected chi connectivity index (χ4v) is 2.65. The number of carbonyl (C=O) groups excluding carboxylic acids is 1. The molecule has 2 rings (SSSR count). The van der Waals surface area contributed by atoms with E-state index in [1.54, 1.807) is 24.1 Å². The van der Waals surface area contributed by atoms with E-state index in [-0.39, 0.29) is 5.91 Å². The van der Waals surface area contributed by atoms with Crippen molar-refractivity contribution in [2.24, 2.45) is 0 Å². The van der Waals surface area contributed by atoms with Gasteiger partial charge < -0.3 is 10.0 Å². The molecule has 0 aliphatic carbocycles. The Morgan fingerprint density at radius 1 is 1.14 bits per heavy atom. The van der Waals surface area contributed by atoms with Gasteiger partial charge >= 0.3 is 5.97 Å². The highest BCUT2D eigenvalue weighted by Crippen LogP contribution is 2.22. The van der Waals surface area contributed by atoms with Crippen molar-refractivity contribution in [3.05, 3.63) is 57.8 Å². The van der Waals surface area contributed by atoms with E-state index >= 15 is 0 Å². The van der Waals surface area contributed by atoms with Gasteiger partial charge in [0, 0.05) is 23.7 Å². The number of nitrogens with zero attached hydrogens (tertiary/aromatic N) is 1. The molecule has 1 heterocycles. The third-order valence-electron chi connectivity index (χ3n) is 2.95. The van der Waals surface area contributed by atoms with E-state index in [9.17, 15) is 9.59 Å². The molecular formula is C16H15NO3S. The Hall–Kier alpha value is -2.40. The van der Waals surface area contributed by atoms with Crippen molar-refractivity contribution >= 4 is 35.0 Å². The van der Waals surface area contributed by atoms with E-state index in [2.05, 4.69) is 0 Å². The van der Waals surface area contributed by atoms with Gasteiger partial charge in [-0.2, -0.15) is 0 Å². The minimum Gasteiger partial charge on any atom is -0.478 e. The lowest BCUT2D eigenvalue weighted by Gasteiger charge is -2.16. The van der Waals surface area contributed by atoms with E-state index in [0.717, 1.165) is 22.2 Å². The average Bonchev–Trinajstić information content (AvgIpc) is 2.93. The van der Waals surface area contributed by atoms with Crippen LogP contribution in [0.1, 0.15) is 20.1 Å². The molecule has 0 bridgehead atoms. The van der Waals surface area contributed by atoms with Crippen LogP contribution in [0.3, 0.4) is 0 Å². The number of benzene rings is 1. The molecule has 0 saturated heterocycles. The van der Waals surface area contributed by atoms with Crippen molar-refractivity contribution in [1.82, 2.24) is 0 Å². The van der Waals surface area contributed by atoms with Gasteiger partial charge in [-0.05, 0) is 37.3 Å². The van der Waals surface area contributed by atoms with Crippen molar-refractivity contribution in [1.29, 1.82) is 0 Å². The Balaban J connectivity index is 2.16. The number of rotatable bonds is 4. The summed E-state index contributed by atoms with van der Waals surface area (Å²) in [6.07, 6.45) is 2.54. The SMILES string of the molecule is Cc1ccc(N(C)C(=O)c2ccc(C=CC(=O)O)s2)cc1. The summed E-state index contributed by atoms with van der Waals surface area (Å²) in [6, 6.07) is 11.1. The van der Waals surface area contributed by atoms with Crippen LogP contribution in [0.25, 0.3) is 6.08 Å². The quantitative estimate of drug-likeness (QED) is 0.880. The molecule has 2 aromatic rings. The van der Waals surface area contributed by atoms with Gasteiger partial charge in [-0.3, -0.25) is 4.79 Å². The molecule has 1 aromatic carbocycles. The van der Waals surface area contributed by atoms with E-state index < -0.39 is 5.97 Å². The molecule has 1 amide bonds. The second-order valence-electron chi connectivity index (χ2n) is 4.57. The predicted octanol–water partition coefficient (Wildman–Crippen LogP) is 3.43. The first-order chi connectivity index (χ1) is 9.97. The van der Waals surface area contributed by atoms with Crippen LogP contribution in [-0.2, 0) is 4.79 Å². The lowest BCUT2D eigenvalue weighted by Crippen LogP contribution is -2.25. The number of aliphatic carboxylic acids is 1. The van der Waals surface area contributed by atoms with E-state index in [1.807, 2.05) is 31.2 Å². The Labute approximate surface area is 127 Å². The first-order valence-corrected chi connectivity index (χ1v) is 7.14. The van der Waals surface area contributed by atoms with Crippen LogP contribution in [-0.4, -0.2) is 24.0 Å². The second-order valence-corrected chi connectivity index (χ2v) is 5.69. The number of thiophene rings is 1. The highest BCUT2D eigenvalue weighted by atomic mass is 32.1. The van der Waals surface area contributed by atoms with Crippen LogP contribution in [0.15, 0.2) is 42.5 Å². The Bertz CT molecular complexity index is 686. The predicted molar refractivity (Wildman–Crippen MR) is 84.9 cm³/mol. The van der Waals surface area contributed by atoms with Gasteiger partial charge in [0.05, 0.1) is 4.88 Å². The minimum atomic E-state index is -1.01. The third kappa shape index (κ3) is 3.79. The lowest BCUT2D eigenvalue weighted by molar-refractivity contribution is -0.131. The van der Waals surface area contributed by atoms with Crippen molar-refractivity contribution in [2.45, 2.75) is 6.92 Å². The number of carboxylic acids is 1. The first-order valence-electron chi connectivity index (χ1n) is 6.33. The summed E-state index contributed by atoms with van der Waals surface area (Å²) in [5.74, 6) is -1.12. The molecule has 0 spiro atoms. The van der Waals surface area contributed by atoms with Crippen LogP contribution in [0.5, 0.6) is 0 Å². The molecule has 0 saturated carbocycles. The maximum absolute atomic E-state index is 12.4. The number of carbonyl (C=O) groups is 2. The molecular weight excluding hydrogens is 286 g/mol. The number of hydrogen-bond acceptors (Lipinski definition) is 3. The molecule has 0 aliphatic heterocycles. The lowest BCUT2D eigenvalue weighted by atomic mass is 10.2. The van der Waals surface area contributed by atoms with Gasteiger partial charge in [0.2, 0.25) is 0 Å². The molecule has 5 heteroatoms. The zero-order chi connectivity index (χ0) is 15.4. The molecule has 0 aliphatic rings. The molecule has 0 radical (unpaired) electrons. The number of amides is 1. The van der Waals surface area contributed by atoms with Crippen LogP contribution in [0, 0.1) is 6.92 Å². The molecule has 1 aromatic heterocycles. The normalized spacial score (nSPS) is 10.8. The zero-order valence-corrected chi connectivity index (χ0v) is 12.6. The second kappa shape index (κ2) is 6.37. The molecule has 0 unspecified atom stereocenters. The van der Waals surface area contributed by atoms with Crippen molar-refractivity contribution in [2.75, 3.05) is 11.9 Å². The third-order valence-corrected chi connectivity index (χ3v) is 3.99. The maximum Gasteiger partial charge on any atom is 0.328 e. The minimum absolute atomic E-state index is 0.112. The van der Waals surface area contributed by atoms with Crippen LogP contribution < -0.4 is 4.90 Å². The Morgan fingerprint density at radius 3 is 2.43 bits per heavy atom. The Kier molecular flexibility index (Phi) is 4.55. The largest absolute Gasteiger partial charge is 0.478 e. The smallest absolute Gasteiger partial charge is 0.328 e. The highest BCUT2D eigenvalue weighted by molar-refractivity contribution is 7.15. The monoisotopic (exact) mass is 301 g/mol. The molecule has 1 N–H and O–H groups in total. The molecule has 21 heavy (non-hydrogen) atoms. The summed E-state index contributed by atoms with van der Waals surface area (Å²) in [5, 5.41) is 8.59. The van der Waals surface area contributed by atoms with Crippen LogP contribution in [0.4, 0.5) is 5.69 Å². The molecule has 0 atom stereocenters. The van der Waals surface area contributed by atoms with Gasteiger partial charge in [-0.1, -0.05) is 17.7 Å². The van der Waals surface area contributed by atoms with E-state index in [1.165, 1.54) is 17.4 Å². The van der Waals surface area contributed by atoms with E-state index in [0.29, 0.717) is 4.88 Å². The summed E-state index contributed by atoms with van der Waals surface area (Å²) < 4.78 is 0. The van der Waals surface area contributed by atoms with Crippen LogP contribution >= 0.6 is 11.3 Å². The summed E-state index contributed by atoms with van der Waals surface area (Å²) in [5.41, 5.74) is 1.96. The van der Waals surface area contributed by atoms with Gasteiger partial charge in [-0.15, -0.1) is 11.3 Å². The first kappa shape index (κ1) is 15.0. The fourth-order valence-electron chi connectivity index (χ4n) is 1.76. The molecule has 108 valence electrons. The van der Waals surface area contributed by atoms with Gasteiger partial charge in [0.15, 0.2) is 0 Å². The van der Waals surface area contributed by atoms with Crippen LogP contribution in [0.2, 0.25) is 0 Å².